The van der Waals surface area contributed by atoms with E-state index in [-0.39, 0.29) is 12.1 Å². The van der Waals surface area contributed by atoms with E-state index in [2.05, 4.69) is 43.2 Å². The summed E-state index contributed by atoms with van der Waals surface area (Å²) in [6.07, 6.45) is 2.33. The van der Waals surface area contributed by atoms with Crippen molar-refractivity contribution in [1.29, 1.82) is 0 Å². The first-order chi connectivity index (χ1) is 8.51. The Hall–Kier alpha value is -0.980. The van der Waals surface area contributed by atoms with Gasteiger partial charge in [0, 0.05) is 19.6 Å². The number of nitrogens with two attached hydrogens (primary N) is 1. The minimum absolute atomic E-state index is 0.0247. The van der Waals surface area contributed by atoms with Crippen LogP contribution in [0, 0.1) is 5.92 Å². The summed E-state index contributed by atoms with van der Waals surface area (Å²) in [4.78, 5) is 4.30. The van der Waals surface area contributed by atoms with Gasteiger partial charge in [0.05, 0.1) is 12.1 Å². The molecule has 0 aliphatic carbocycles. The Morgan fingerprint density at radius 2 is 2.06 bits per heavy atom. The second-order valence-corrected chi connectivity index (χ2v) is 5.14. The summed E-state index contributed by atoms with van der Waals surface area (Å²) in [5.41, 5.74) is 2.83. The van der Waals surface area contributed by atoms with Crippen LogP contribution in [0.3, 0.4) is 0 Å². The number of nitrogens with one attached hydrogen (secondary N) is 1. The molecule has 0 aliphatic heterocycles. The van der Waals surface area contributed by atoms with E-state index in [0.717, 1.165) is 5.82 Å². The van der Waals surface area contributed by atoms with E-state index in [4.69, 9.17) is 10.6 Å². The van der Waals surface area contributed by atoms with Gasteiger partial charge in [-0.05, 0) is 19.8 Å². The van der Waals surface area contributed by atoms with Crippen molar-refractivity contribution in [3.05, 3.63) is 12.2 Å². The van der Waals surface area contributed by atoms with Gasteiger partial charge in [-0.2, -0.15) is 5.10 Å². The number of nitrogens with zero attached hydrogens (tertiary/aromatic N) is 3. The normalized spacial score (nSPS) is 15.3. The quantitative estimate of drug-likeness (QED) is 0.559. The molecule has 2 atom stereocenters. The molecule has 1 aromatic rings. The highest BCUT2D eigenvalue weighted by Gasteiger charge is 2.25. The summed E-state index contributed by atoms with van der Waals surface area (Å²) < 4.78 is 7.43. The molecule has 104 valence electrons. The number of hydrogen-bond donors (Lipinski definition) is 2. The summed E-state index contributed by atoms with van der Waals surface area (Å²) in [5, 5.41) is 4.23. The minimum atomic E-state index is 0.0247. The molecule has 6 heteroatoms. The summed E-state index contributed by atoms with van der Waals surface area (Å²) in [7, 11) is 1.71. The van der Waals surface area contributed by atoms with Crippen LogP contribution in [-0.2, 0) is 11.2 Å². The number of rotatable bonds is 7. The standard InChI is InChI=1S/C12H25N5O/c1-8(2)12(18-5)10(16-13)6-11-14-7-15-17(11)9(3)4/h7-10,12,16H,6,13H2,1-5H3. The highest BCUT2D eigenvalue weighted by molar-refractivity contribution is 4.94. The van der Waals surface area contributed by atoms with Crippen molar-refractivity contribution in [3.8, 4) is 0 Å². The third kappa shape index (κ3) is 3.51. The summed E-state index contributed by atoms with van der Waals surface area (Å²) in [6.45, 7) is 8.40. The Morgan fingerprint density at radius 3 is 2.50 bits per heavy atom. The molecule has 0 radical (unpaired) electrons. The molecule has 18 heavy (non-hydrogen) atoms. The fourth-order valence-corrected chi connectivity index (χ4v) is 2.22. The van der Waals surface area contributed by atoms with Crippen molar-refractivity contribution < 1.29 is 4.74 Å². The van der Waals surface area contributed by atoms with Crippen molar-refractivity contribution >= 4 is 0 Å². The average molecular weight is 255 g/mol. The van der Waals surface area contributed by atoms with E-state index in [1.807, 2.05) is 4.68 Å². The summed E-state index contributed by atoms with van der Waals surface area (Å²) in [5.74, 6) is 6.95. The van der Waals surface area contributed by atoms with Crippen LogP contribution in [0.5, 0.6) is 0 Å². The summed E-state index contributed by atoms with van der Waals surface area (Å²) >= 11 is 0. The molecule has 0 fully saturated rings. The Bertz CT molecular complexity index is 350. The molecule has 0 spiro atoms. The molecule has 0 saturated heterocycles. The van der Waals surface area contributed by atoms with Crippen LogP contribution >= 0.6 is 0 Å². The molecule has 0 bridgehead atoms. The van der Waals surface area contributed by atoms with Gasteiger partial charge in [0.15, 0.2) is 0 Å². The van der Waals surface area contributed by atoms with Crippen molar-refractivity contribution in [3.63, 3.8) is 0 Å². The molecule has 0 aliphatic rings. The lowest BCUT2D eigenvalue weighted by molar-refractivity contribution is 0.0323. The maximum Gasteiger partial charge on any atom is 0.138 e. The minimum Gasteiger partial charge on any atom is -0.379 e. The lowest BCUT2D eigenvalue weighted by Crippen LogP contribution is -2.49. The fourth-order valence-electron chi connectivity index (χ4n) is 2.22. The number of hydrazine groups is 1. The van der Waals surface area contributed by atoms with Crippen molar-refractivity contribution in [2.75, 3.05) is 7.11 Å². The highest BCUT2D eigenvalue weighted by Crippen LogP contribution is 2.15. The van der Waals surface area contributed by atoms with Gasteiger partial charge >= 0.3 is 0 Å². The largest absolute Gasteiger partial charge is 0.379 e. The van der Waals surface area contributed by atoms with E-state index in [0.29, 0.717) is 18.4 Å². The lowest BCUT2D eigenvalue weighted by Gasteiger charge is -2.28. The molecule has 0 amide bonds. The second kappa shape index (κ2) is 6.82. The predicted octanol–water partition coefficient (Wildman–Crippen LogP) is 0.904. The summed E-state index contributed by atoms with van der Waals surface area (Å²) in [6, 6.07) is 0.317. The van der Waals surface area contributed by atoms with Crippen molar-refractivity contribution in [1.82, 2.24) is 20.2 Å². The second-order valence-electron chi connectivity index (χ2n) is 5.14. The third-order valence-electron chi connectivity index (χ3n) is 3.08. The fraction of sp³-hybridized carbons (Fsp3) is 0.833. The van der Waals surface area contributed by atoms with Crippen LogP contribution in [0.1, 0.15) is 39.6 Å². The van der Waals surface area contributed by atoms with Gasteiger partial charge in [0.1, 0.15) is 12.2 Å². The third-order valence-corrected chi connectivity index (χ3v) is 3.08. The molecule has 2 unspecified atom stereocenters. The average Bonchev–Trinajstić information content (AvgIpc) is 2.76. The molecule has 1 aromatic heterocycles. The lowest BCUT2D eigenvalue weighted by atomic mass is 9.97. The topological polar surface area (TPSA) is 78.0 Å². The number of hydrogen-bond acceptors (Lipinski definition) is 5. The molecule has 3 N–H and O–H groups in total. The Kier molecular flexibility index (Phi) is 5.71. The van der Waals surface area contributed by atoms with Gasteiger partial charge in [0.25, 0.3) is 0 Å². The molecule has 1 rings (SSSR count). The molecule has 0 saturated carbocycles. The van der Waals surface area contributed by atoms with E-state index >= 15 is 0 Å². The molecular formula is C12H25N5O. The molecule has 6 nitrogen and oxygen atoms in total. The maximum absolute atomic E-state index is 5.64. The molecular weight excluding hydrogens is 230 g/mol. The van der Waals surface area contributed by atoms with Gasteiger partial charge in [-0.1, -0.05) is 13.8 Å². The van der Waals surface area contributed by atoms with Gasteiger partial charge in [-0.3, -0.25) is 11.3 Å². The first kappa shape index (κ1) is 15.1. The number of methoxy groups -OCH3 is 1. The smallest absolute Gasteiger partial charge is 0.138 e. The zero-order valence-electron chi connectivity index (χ0n) is 11.9. The zero-order chi connectivity index (χ0) is 13.7. The number of aromatic nitrogens is 3. The van der Waals surface area contributed by atoms with Crippen molar-refractivity contribution in [2.24, 2.45) is 11.8 Å². The SMILES string of the molecule is COC(C(C)C)C(Cc1ncnn1C(C)C)NN. The Morgan fingerprint density at radius 1 is 1.39 bits per heavy atom. The Labute approximate surface area is 109 Å². The number of ether oxygens (including phenoxy) is 1. The predicted molar refractivity (Wildman–Crippen MR) is 70.9 cm³/mol. The van der Waals surface area contributed by atoms with Crippen LogP contribution in [-0.4, -0.2) is 34.0 Å². The maximum atomic E-state index is 5.64. The van der Waals surface area contributed by atoms with Crippen LogP contribution in [0.15, 0.2) is 6.33 Å². The van der Waals surface area contributed by atoms with E-state index < -0.39 is 0 Å². The van der Waals surface area contributed by atoms with Gasteiger partial charge in [0.2, 0.25) is 0 Å². The van der Waals surface area contributed by atoms with Gasteiger partial charge in [-0.25, -0.2) is 9.67 Å². The van der Waals surface area contributed by atoms with Crippen LogP contribution in [0.25, 0.3) is 0 Å². The molecule has 1 heterocycles. The first-order valence-corrected chi connectivity index (χ1v) is 6.38. The van der Waals surface area contributed by atoms with Crippen molar-refractivity contribution in [2.45, 2.75) is 52.3 Å². The first-order valence-electron chi connectivity index (χ1n) is 6.38. The van der Waals surface area contributed by atoms with Gasteiger partial charge < -0.3 is 4.74 Å². The van der Waals surface area contributed by atoms with Crippen LogP contribution in [0.4, 0.5) is 0 Å². The highest BCUT2D eigenvalue weighted by atomic mass is 16.5. The van der Waals surface area contributed by atoms with E-state index in [9.17, 15) is 0 Å². The van der Waals surface area contributed by atoms with Crippen LogP contribution in [0.2, 0.25) is 0 Å². The Balaban J connectivity index is 2.82. The van der Waals surface area contributed by atoms with E-state index in [1.54, 1.807) is 13.4 Å². The van der Waals surface area contributed by atoms with Gasteiger partial charge in [-0.15, -0.1) is 0 Å². The van der Waals surface area contributed by atoms with Crippen LogP contribution < -0.4 is 11.3 Å². The monoisotopic (exact) mass is 255 g/mol. The zero-order valence-corrected chi connectivity index (χ0v) is 11.9. The van der Waals surface area contributed by atoms with E-state index in [1.165, 1.54) is 0 Å². The molecule has 0 aromatic carbocycles.